The number of nitrogens with zero attached hydrogens (tertiary/aromatic N) is 5. The highest BCUT2D eigenvalue weighted by Crippen LogP contribution is 2.28. The van der Waals surface area contributed by atoms with E-state index in [0.717, 1.165) is 42.6 Å². The van der Waals surface area contributed by atoms with Crippen LogP contribution in [-0.2, 0) is 6.54 Å². The molecule has 1 unspecified atom stereocenters. The first-order chi connectivity index (χ1) is 11.1. The van der Waals surface area contributed by atoms with E-state index in [1.54, 1.807) is 11.3 Å². The zero-order valence-electron chi connectivity index (χ0n) is 12.8. The number of H-pyrrole nitrogens is 1. The Hall–Kier alpha value is -2.26. The van der Waals surface area contributed by atoms with Crippen molar-refractivity contribution in [1.82, 2.24) is 29.8 Å². The summed E-state index contributed by atoms with van der Waals surface area (Å²) in [6.07, 6.45) is 1.05. The number of aryl methyl sites for hydroxylation is 1. The second kappa shape index (κ2) is 5.43. The molecule has 1 fully saturated rings. The molecular weight excluding hydrogens is 312 g/mol. The van der Waals surface area contributed by atoms with Crippen molar-refractivity contribution in [1.29, 1.82) is 0 Å². The summed E-state index contributed by atoms with van der Waals surface area (Å²) in [6, 6.07) is 0. The van der Waals surface area contributed by atoms with Gasteiger partial charge in [0.25, 0.3) is 0 Å². The summed E-state index contributed by atoms with van der Waals surface area (Å²) in [5.74, 6) is 1.74. The molecule has 0 aromatic carbocycles. The van der Waals surface area contributed by atoms with Gasteiger partial charge in [-0.3, -0.25) is 4.90 Å². The maximum atomic E-state index is 5.88. The van der Waals surface area contributed by atoms with Gasteiger partial charge in [0.1, 0.15) is 11.3 Å². The van der Waals surface area contributed by atoms with E-state index >= 15 is 0 Å². The van der Waals surface area contributed by atoms with Gasteiger partial charge >= 0.3 is 0 Å². The number of aromatic amines is 1. The van der Waals surface area contributed by atoms with Gasteiger partial charge in [0.2, 0.25) is 5.95 Å². The van der Waals surface area contributed by atoms with Crippen LogP contribution in [0.4, 0.5) is 11.8 Å². The van der Waals surface area contributed by atoms with Crippen LogP contribution >= 0.6 is 11.3 Å². The lowest BCUT2D eigenvalue weighted by Gasteiger charge is -2.13. The molecule has 3 aromatic rings. The van der Waals surface area contributed by atoms with Crippen molar-refractivity contribution in [2.45, 2.75) is 25.8 Å². The van der Waals surface area contributed by atoms with E-state index < -0.39 is 0 Å². The van der Waals surface area contributed by atoms with Crippen LogP contribution in [0.3, 0.4) is 0 Å². The predicted molar refractivity (Wildman–Crippen MR) is 90.0 cm³/mol. The van der Waals surface area contributed by atoms with E-state index in [-0.39, 0.29) is 5.95 Å². The molecule has 1 aliphatic rings. The lowest BCUT2D eigenvalue weighted by molar-refractivity contribution is 0.322. The number of hydrogen-bond donors (Lipinski definition) is 3. The van der Waals surface area contributed by atoms with E-state index in [1.165, 1.54) is 0 Å². The average Bonchev–Trinajstić information content (AvgIpc) is 3.19. The minimum Gasteiger partial charge on any atom is -0.382 e. The summed E-state index contributed by atoms with van der Waals surface area (Å²) >= 11 is 1.69. The van der Waals surface area contributed by atoms with Gasteiger partial charge in [-0.1, -0.05) is 0 Å². The fraction of sp³-hybridized carbons (Fsp3) is 0.429. The lowest BCUT2D eigenvalue weighted by Crippen LogP contribution is -2.20. The fourth-order valence-corrected chi connectivity index (χ4v) is 3.66. The Morgan fingerprint density at radius 2 is 2.17 bits per heavy atom. The predicted octanol–water partition coefficient (Wildman–Crippen LogP) is 1.27. The number of nitrogens with one attached hydrogen (secondary N) is 1. The first kappa shape index (κ1) is 14.3. The van der Waals surface area contributed by atoms with Crippen LogP contribution in [0.1, 0.15) is 28.9 Å². The highest BCUT2D eigenvalue weighted by molar-refractivity contribution is 7.09. The third kappa shape index (κ3) is 2.73. The minimum absolute atomic E-state index is 0.153. The molecule has 1 aliphatic heterocycles. The molecule has 0 radical (unpaired) electrons. The van der Waals surface area contributed by atoms with E-state index in [9.17, 15) is 0 Å². The molecule has 120 valence electrons. The largest absolute Gasteiger partial charge is 0.382 e. The molecule has 4 heterocycles. The summed E-state index contributed by atoms with van der Waals surface area (Å²) < 4.78 is 0. The Kier molecular flexibility index (Phi) is 3.38. The lowest BCUT2D eigenvalue weighted by atomic mass is 10.1. The van der Waals surface area contributed by atoms with Gasteiger partial charge in [0.15, 0.2) is 11.5 Å². The third-order valence-corrected chi connectivity index (χ3v) is 4.95. The first-order valence-electron chi connectivity index (χ1n) is 7.50. The summed E-state index contributed by atoms with van der Waals surface area (Å²) in [5, 5.41) is 3.24. The molecule has 0 aliphatic carbocycles. The van der Waals surface area contributed by atoms with Gasteiger partial charge in [-0.25, -0.2) is 9.97 Å². The molecule has 23 heavy (non-hydrogen) atoms. The number of rotatable bonds is 3. The molecule has 1 atom stereocenters. The van der Waals surface area contributed by atoms with Gasteiger partial charge in [-0.15, -0.1) is 11.3 Å². The standard InChI is InChI=1S/C14H18N8S/c1-7-17-9(6-23-7)5-22-3-2-8(4-22)12-18-10-11(15)19-14(16)21-13(10)20-12/h6,8H,2-5H2,1H3,(H5,15,16,18,19,20,21). The van der Waals surface area contributed by atoms with Crippen LogP contribution in [0.15, 0.2) is 5.38 Å². The quantitative estimate of drug-likeness (QED) is 0.661. The van der Waals surface area contributed by atoms with Crippen molar-refractivity contribution in [3.05, 3.63) is 21.9 Å². The van der Waals surface area contributed by atoms with Gasteiger partial charge in [-0.05, 0) is 19.9 Å². The van der Waals surface area contributed by atoms with Crippen molar-refractivity contribution in [3.8, 4) is 0 Å². The van der Waals surface area contributed by atoms with Gasteiger partial charge in [0, 0.05) is 24.4 Å². The monoisotopic (exact) mass is 330 g/mol. The highest BCUT2D eigenvalue weighted by Gasteiger charge is 2.27. The zero-order chi connectivity index (χ0) is 16.0. The molecule has 0 spiro atoms. The average molecular weight is 330 g/mol. The highest BCUT2D eigenvalue weighted by atomic mass is 32.1. The molecule has 0 bridgehead atoms. The second-order valence-corrected chi connectivity index (χ2v) is 6.93. The Labute approximate surface area is 137 Å². The third-order valence-electron chi connectivity index (χ3n) is 4.13. The molecule has 3 aromatic heterocycles. The van der Waals surface area contributed by atoms with E-state index in [0.29, 0.717) is 22.9 Å². The van der Waals surface area contributed by atoms with Crippen molar-refractivity contribution in [3.63, 3.8) is 0 Å². The number of thiazole rings is 1. The molecule has 4 rings (SSSR count). The molecule has 1 saturated heterocycles. The smallest absolute Gasteiger partial charge is 0.224 e. The van der Waals surface area contributed by atoms with Crippen molar-refractivity contribution < 1.29 is 0 Å². The van der Waals surface area contributed by atoms with E-state index in [4.69, 9.17) is 11.5 Å². The Morgan fingerprint density at radius 3 is 2.96 bits per heavy atom. The van der Waals surface area contributed by atoms with Gasteiger partial charge in [-0.2, -0.15) is 9.97 Å². The van der Waals surface area contributed by atoms with Crippen molar-refractivity contribution in [2.24, 2.45) is 0 Å². The molecule has 9 heteroatoms. The second-order valence-electron chi connectivity index (χ2n) is 5.87. The maximum absolute atomic E-state index is 5.88. The van der Waals surface area contributed by atoms with Crippen LogP contribution < -0.4 is 11.5 Å². The summed E-state index contributed by atoms with van der Waals surface area (Å²) in [5.41, 5.74) is 13.9. The maximum Gasteiger partial charge on any atom is 0.224 e. The van der Waals surface area contributed by atoms with Crippen LogP contribution in [0.25, 0.3) is 11.2 Å². The molecule has 0 amide bonds. The number of likely N-dealkylation sites (tertiary alicyclic amines) is 1. The zero-order valence-corrected chi connectivity index (χ0v) is 13.6. The van der Waals surface area contributed by atoms with Crippen LogP contribution in [0.2, 0.25) is 0 Å². The number of fused-ring (bicyclic) bond motifs is 1. The van der Waals surface area contributed by atoms with Crippen LogP contribution in [0, 0.1) is 6.92 Å². The number of aromatic nitrogens is 5. The summed E-state index contributed by atoms with van der Waals surface area (Å²) in [4.78, 5) is 22.9. The molecule has 5 N–H and O–H groups in total. The molecule has 0 saturated carbocycles. The first-order valence-corrected chi connectivity index (χ1v) is 8.38. The van der Waals surface area contributed by atoms with E-state index in [1.807, 2.05) is 6.92 Å². The number of imidazole rings is 1. The Bertz CT molecular complexity index is 854. The van der Waals surface area contributed by atoms with Crippen LogP contribution in [-0.4, -0.2) is 42.9 Å². The Balaban J connectivity index is 1.52. The number of nitrogens with two attached hydrogens (primary N) is 2. The fourth-order valence-electron chi connectivity index (χ4n) is 3.06. The van der Waals surface area contributed by atoms with Crippen LogP contribution in [0.5, 0.6) is 0 Å². The van der Waals surface area contributed by atoms with Crippen molar-refractivity contribution >= 4 is 34.3 Å². The normalized spacial score (nSPS) is 18.9. The molecule has 8 nitrogen and oxygen atoms in total. The number of hydrogen-bond acceptors (Lipinski definition) is 8. The van der Waals surface area contributed by atoms with Gasteiger partial charge in [0.05, 0.1) is 10.7 Å². The van der Waals surface area contributed by atoms with Crippen molar-refractivity contribution in [2.75, 3.05) is 24.6 Å². The SMILES string of the molecule is Cc1nc(CN2CCC(c3nc4nc(N)nc(N)c4[nH]3)C2)cs1. The minimum atomic E-state index is 0.153. The summed E-state index contributed by atoms with van der Waals surface area (Å²) in [6.45, 7) is 4.89. The summed E-state index contributed by atoms with van der Waals surface area (Å²) in [7, 11) is 0. The topological polar surface area (TPSA) is 123 Å². The Morgan fingerprint density at radius 1 is 1.30 bits per heavy atom. The number of anilines is 2. The van der Waals surface area contributed by atoms with E-state index in [2.05, 4.69) is 35.2 Å². The molecular formula is C14H18N8S. The number of nitrogen functional groups attached to an aromatic ring is 2. The van der Waals surface area contributed by atoms with Gasteiger partial charge < -0.3 is 16.5 Å².